The molecule has 0 aliphatic rings. The standard InChI is InChI=1S/C11H22Cl2/c1-3-4-5-6-7-11(8-9-12)10(2)13/h10-11H,3-9H2,1-2H3. The normalized spacial score (nSPS) is 15.7. The van der Waals surface area contributed by atoms with Gasteiger partial charge in [0.25, 0.3) is 0 Å². The summed E-state index contributed by atoms with van der Waals surface area (Å²) in [5.74, 6) is 1.37. The molecule has 0 aliphatic heterocycles. The molecule has 0 N–H and O–H groups in total. The zero-order chi connectivity index (χ0) is 10.1. The largest absolute Gasteiger partial charge is 0.127 e. The fraction of sp³-hybridized carbons (Fsp3) is 1.00. The third-order valence-corrected chi connectivity index (χ3v) is 3.13. The van der Waals surface area contributed by atoms with Gasteiger partial charge in [-0.05, 0) is 25.7 Å². The van der Waals surface area contributed by atoms with Gasteiger partial charge in [0.05, 0.1) is 0 Å². The predicted molar refractivity (Wildman–Crippen MR) is 62.9 cm³/mol. The Labute approximate surface area is 93.0 Å². The van der Waals surface area contributed by atoms with Crippen molar-refractivity contribution in [1.29, 1.82) is 0 Å². The lowest BCUT2D eigenvalue weighted by Gasteiger charge is -2.17. The molecular weight excluding hydrogens is 203 g/mol. The first-order chi connectivity index (χ1) is 6.22. The summed E-state index contributed by atoms with van der Waals surface area (Å²) in [5.41, 5.74) is 0. The second-order valence-corrected chi connectivity index (χ2v) is 4.83. The summed E-state index contributed by atoms with van der Waals surface area (Å²) in [7, 11) is 0. The second-order valence-electron chi connectivity index (χ2n) is 3.76. The summed E-state index contributed by atoms with van der Waals surface area (Å²) < 4.78 is 0. The van der Waals surface area contributed by atoms with Crippen LogP contribution in [0.25, 0.3) is 0 Å². The van der Waals surface area contributed by atoms with Crippen LogP contribution in [0.1, 0.15) is 52.4 Å². The van der Waals surface area contributed by atoms with Crippen molar-refractivity contribution in [1.82, 2.24) is 0 Å². The van der Waals surface area contributed by atoms with Crippen LogP contribution in [0, 0.1) is 5.92 Å². The molecule has 0 aromatic carbocycles. The lowest BCUT2D eigenvalue weighted by atomic mass is 9.95. The number of hydrogen-bond acceptors (Lipinski definition) is 0. The number of unbranched alkanes of at least 4 members (excludes halogenated alkanes) is 3. The highest BCUT2D eigenvalue weighted by molar-refractivity contribution is 6.20. The average Bonchev–Trinajstić information content (AvgIpc) is 2.10. The molecule has 13 heavy (non-hydrogen) atoms. The highest BCUT2D eigenvalue weighted by atomic mass is 35.5. The van der Waals surface area contributed by atoms with Crippen LogP contribution in [0.15, 0.2) is 0 Å². The van der Waals surface area contributed by atoms with E-state index in [0.717, 1.165) is 12.3 Å². The topological polar surface area (TPSA) is 0 Å². The number of halogens is 2. The molecule has 0 aromatic heterocycles. The molecule has 2 heteroatoms. The van der Waals surface area contributed by atoms with Crippen LogP contribution >= 0.6 is 23.2 Å². The van der Waals surface area contributed by atoms with Gasteiger partial charge in [0.2, 0.25) is 0 Å². The first-order valence-corrected chi connectivity index (χ1v) is 6.39. The van der Waals surface area contributed by atoms with Crippen LogP contribution in [-0.4, -0.2) is 11.3 Å². The Morgan fingerprint density at radius 1 is 1.08 bits per heavy atom. The van der Waals surface area contributed by atoms with Crippen molar-refractivity contribution in [2.24, 2.45) is 5.92 Å². The summed E-state index contributed by atoms with van der Waals surface area (Å²) in [4.78, 5) is 0. The molecule has 2 atom stereocenters. The molecule has 0 rings (SSSR count). The van der Waals surface area contributed by atoms with E-state index in [4.69, 9.17) is 23.2 Å². The van der Waals surface area contributed by atoms with Gasteiger partial charge in [-0.25, -0.2) is 0 Å². The van der Waals surface area contributed by atoms with E-state index in [0.29, 0.717) is 5.92 Å². The van der Waals surface area contributed by atoms with Crippen molar-refractivity contribution in [2.45, 2.75) is 57.7 Å². The Morgan fingerprint density at radius 2 is 1.77 bits per heavy atom. The van der Waals surface area contributed by atoms with Crippen molar-refractivity contribution in [3.05, 3.63) is 0 Å². The Balaban J connectivity index is 3.45. The second kappa shape index (κ2) is 9.15. The first-order valence-electron chi connectivity index (χ1n) is 5.42. The van der Waals surface area contributed by atoms with Gasteiger partial charge in [-0.3, -0.25) is 0 Å². The van der Waals surface area contributed by atoms with Gasteiger partial charge < -0.3 is 0 Å². The fourth-order valence-corrected chi connectivity index (χ4v) is 2.11. The first kappa shape index (κ1) is 13.6. The Morgan fingerprint density at radius 3 is 2.23 bits per heavy atom. The zero-order valence-electron chi connectivity index (χ0n) is 8.86. The molecule has 0 aromatic rings. The minimum Gasteiger partial charge on any atom is -0.127 e. The van der Waals surface area contributed by atoms with Crippen molar-refractivity contribution < 1.29 is 0 Å². The Kier molecular flexibility index (Phi) is 9.56. The monoisotopic (exact) mass is 224 g/mol. The van der Waals surface area contributed by atoms with E-state index in [2.05, 4.69) is 13.8 Å². The van der Waals surface area contributed by atoms with Crippen molar-refractivity contribution in [3.8, 4) is 0 Å². The van der Waals surface area contributed by atoms with E-state index in [1.54, 1.807) is 0 Å². The molecule has 0 aliphatic carbocycles. The van der Waals surface area contributed by atoms with Crippen LogP contribution in [0.5, 0.6) is 0 Å². The summed E-state index contributed by atoms with van der Waals surface area (Å²) in [5, 5.41) is 0.278. The SMILES string of the molecule is CCCCCCC(CCCl)C(C)Cl. The predicted octanol–water partition coefficient (Wildman–Crippen LogP) is 4.83. The molecule has 0 saturated carbocycles. The van der Waals surface area contributed by atoms with Crippen LogP contribution in [0.2, 0.25) is 0 Å². The van der Waals surface area contributed by atoms with Crippen LogP contribution in [-0.2, 0) is 0 Å². The lowest BCUT2D eigenvalue weighted by Crippen LogP contribution is -2.12. The van der Waals surface area contributed by atoms with Gasteiger partial charge in [0.15, 0.2) is 0 Å². The van der Waals surface area contributed by atoms with Crippen molar-refractivity contribution >= 4 is 23.2 Å². The number of rotatable bonds is 8. The van der Waals surface area contributed by atoms with E-state index in [9.17, 15) is 0 Å². The van der Waals surface area contributed by atoms with Crippen molar-refractivity contribution in [2.75, 3.05) is 5.88 Å². The highest BCUT2D eigenvalue weighted by Gasteiger charge is 2.13. The fourth-order valence-electron chi connectivity index (χ4n) is 1.58. The number of hydrogen-bond donors (Lipinski definition) is 0. The van der Waals surface area contributed by atoms with Gasteiger partial charge in [0.1, 0.15) is 0 Å². The van der Waals surface area contributed by atoms with Gasteiger partial charge in [-0.15, -0.1) is 23.2 Å². The summed E-state index contributed by atoms with van der Waals surface area (Å²) in [6.45, 7) is 4.32. The summed E-state index contributed by atoms with van der Waals surface area (Å²) in [6.07, 6.45) is 7.63. The molecule has 0 radical (unpaired) electrons. The number of alkyl halides is 2. The summed E-state index contributed by atoms with van der Waals surface area (Å²) >= 11 is 11.8. The van der Waals surface area contributed by atoms with E-state index >= 15 is 0 Å². The van der Waals surface area contributed by atoms with Gasteiger partial charge in [-0.1, -0.05) is 32.6 Å². The molecule has 0 heterocycles. The smallest absolute Gasteiger partial charge is 0.0336 e. The van der Waals surface area contributed by atoms with Gasteiger partial charge >= 0.3 is 0 Å². The Hall–Kier alpha value is 0.580. The maximum absolute atomic E-state index is 6.08. The summed E-state index contributed by atoms with van der Waals surface area (Å²) in [6, 6.07) is 0. The third kappa shape index (κ3) is 7.64. The van der Waals surface area contributed by atoms with Crippen LogP contribution in [0.3, 0.4) is 0 Å². The highest BCUT2D eigenvalue weighted by Crippen LogP contribution is 2.22. The minimum absolute atomic E-state index is 0.278. The quantitative estimate of drug-likeness (QED) is 0.410. The van der Waals surface area contributed by atoms with Crippen LogP contribution < -0.4 is 0 Å². The van der Waals surface area contributed by atoms with Gasteiger partial charge in [0, 0.05) is 11.3 Å². The van der Waals surface area contributed by atoms with Gasteiger partial charge in [-0.2, -0.15) is 0 Å². The van der Waals surface area contributed by atoms with E-state index in [1.165, 1.54) is 32.1 Å². The molecule has 0 nitrogen and oxygen atoms in total. The average molecular weight is 225 g/mol. The van der Waals surface area contributed by atoms with Crippen LogP contribution in [0.4, 0.5) is 0 Å². The molecule has 0 bridgehead atoms. The molecule has 0 spiro atoms. The maximum atomic E-state index is 6.08. The minimum atomic E-state index is 0.278. The van der Waals surface area contributed by atoms with Crippen molar-refractivity contribution in [3.63, 3.8) is 0 Å². The molecular formula is C11H22Cl2. The third-order valence-electron chi connectivity index (χ3n) is 2.56. The maximum Gasteiger partial charge on any atom is 0.0336 e. The van der Waals surface area contributed by atoms with E-state index in [1.807, 2.05) is 0 Å². The zero-order valence-corrected chi connectivity index (χ0v) is 10.4. The Bertz CT molecular complexity index is 102. The molecule has 0 fully saturated rings. The molecule has 80 valence electrons. The molecule has 0 saturated heterocycles. The van der Waals surface area contributed by atoms with E-state index < -0.39 is 0 Å². The molecule has 2 unspecified atom stereocenters. The molecule has 0 amide bonds. The lowest BCUT2D eigenvalue weighted by molar-refractivity contribution is 0.437. The van der Waals surface area contributed by atoms with E-state index in [-0.39, 0.29) is 5.38 Å².